The predicted octanol–water partition coefficient (Wildman–Crippen LogP) is 4.33. The van der Waals surface area contributed by atoms with E-state index in [4.69, 9.17) is 5.73 Å². The number of benzene rings is 1. The van der Waals surface area contributed by atoms with E-state index in [-0.39, 0.29) is 41.8 Å². The molecule has 3 nitrogen and oxygen atoms in total. The molecule has 3 N–H and O–H groups in total. The van der Waals surface area contributed by atoms with E-state index in [2.05, 4.69) is 20.8 Å². The molecule has 22 heavy (non-hydrogen) atoms. The van der Waals surface area contributed by atoms with Gasteiger partial charge in [0.25, 0.3) is 0 Å². The molecule has 0 aliphatic heterocycles. The molecule has 0 unspecified atom stereocenters. The first-order valence-corrected chi connectivity index (χ1v) is 7.95. The SMILES string of the molecule is CC(C)(C)c1cc(CN)c(O)c(C(=O)C2CCCCC2)c1.Cl. The smallest absolute Gasteiger partial charge is 0.169 e. The van der Waals surface area contributed by atoms with Crippen LogP contribution in [0.3, 0.4) is 0 Å². The molecule has 0 amide bonds. The Kier molecular flexibility index (Phi) is 6.45. The molecule has 4 heteroatoms. The summed E-state index contributed by atoms with van der Waals surface area (Å²) in [7, 11) is 0. The Labute approximate surface area is 139 Å². The van der Waals surface area contributed by atoms with Gasteiger partial charge in [0.05, 0.1) is 5.56 Å². The quantitative estimate of drug-likeness (QED) is 0.813. The molecule has 1 aliphatic carbocycles. The van der Waals surface area contributed by atoms with E-state index in [0.717, 1.165) is 31.2 Å². The Morgan fingerprint density at radius 3 is 2.32 bits per heavy atom. The third-order valence-electron chi connectivity index (χ3n) is 4.52. The fraction of sp³-hybridized carbons (Fsp3) is 0.611. The van der Waals surface area contributed by atoms with Gasteiger partial charge in [0.2, 0.25) is 0 Å². The molecule has 0 saturated heterocycles. The van der Waals surface area contributed by atoms with E-state index in [0.29, 0.717) is 11.1 Å². The van der Waals surface area contributed by atoms with Gasteiger partial charge in [-0.15, -0.1) is 12.4 Å². The van der Waals surface area contributed by atoms with Crippen LogP contribution in [0.5, 0.6) is 5.75 Å². The zero-order chi connectivity index (χ0) is 15.6. The topological polar surface area (TPSA) is 63.3 Å². The molecule has 0 heterocycles. The van der Waals surface area contributed by atoms with Crippen molar-refractivity contribution in [3.63, 3.8) is 0 Å². The Bertz CT molecular complexity index is 529. The number of phenolic OH excluding ortho intramolecular Hbond substituents is 1. The highest BCUT2D eigenvalue weighted by Crippen LogP contribution is 2.35. The maximum absolute atomic E-state index is 12.8. The second kappa shape index (κ2) is 7.47. The minimum absolute atomic E-state index is 0. The first-order valence-electron chi connectivity index (χ1n) is 7.95. The van der Waals surface area contributed by atoms with E-state index >= 15 is 0 Å². The number of Topliss-reactive ketones (excluding diaryl/α,β-unsaturated/α-hetero) is 1. The van der Waals surface area contributed by atoms with Crippen LogP contribution in [-0.2, 0) is 12.0 Å². The summed E-state index contributed by atoms with van der Waals surface area (Å²) in [6, 6.07) is 3.79. The minimum Gasteiger partial charge on any atom is -0.507 e. The van der Waals surface area contributed by atoms with Crippen LogP contribution < -0.4 is 5.73 Å². The average Bonchev–Trinajstić information content (AvgIpc) is 2.46. The number of carbonyl (C=O) groups is 1. The standard InChI is InChI=1S/C18H27NO2.ClH/c1-18(2,3)14-9-13(11-19)17(21)15(10-14)16(20)12-7-5-4-6-8-12;/h9-10,12,21H,4-8,11,19H2,1-3H3;1H. The zero-order valence-electron chi connectivity index (χ0n) is 13.8. The van der Waals surface area contributed by atoms with Gasteiger partial charge in [0.1, 0.15) is 5.75 Å². The third kappa shape index (κ3) is 4.02. The number of ketones is 1. The highest BCUT2D eigenvalue weighted by Gasteiger charge is 2.27. The Balaban J connectivity index is 0.00000242. The number of carbonyl (C=O) groups excluding carboxylic acids is 1. The molecule has 0 radical (unpaired) electrons. The fourth-order valence-corrected chi connectivity index (χ4v) is 3.06. The van der Waals surface area contributed by atoms with Crippen molar-refractivity contribution in [1.82, 2.24) is 0 Å². The molecule has 0 spiro atoms. The second-order valence-corrected chi connectivity index (χ2v) is 7.18. The van der Waals surface area contributed by atoms with Crippen LogP contribution in [0.2, 0.25) is 0 Å². The van der Waals surface area contributed by atoms with Crippen molar-refractivity contribution in [2.45, 2.75) is 64.8 Å². The molecule has 0 atom stereocenters. The maximum atomic E-state index is 12.8. The molecule has 0 bridgehead atoms. The van der Waals surface area contributed by atoms with Gasteiger partial charge in [-0.1, -0.05) is 46.1 Å². The molecule has 1 aromatic carbocycles. The molecular weight excluding hydrogens is 298 g/mol. The first kappa shape index (κ1) is 19.0. The summed E-state index contributed by atoms with van der Waals surface area (Å²) in [4.78, 5) is 12.8. The van der Waals surface area contributed by atoms with Gasteiger partial charge < -0.3 is 10.8 Å². The van der Waals surface area contributed by atoms with Crippen LogP contribution in [-0.4, -0.2) is 10.9 Å². The van der Waals surface area contributed by atoms with E-state index in [1.165, 1.54) is 6.42 Å². The van der Waals surface area contributed by atoms with Gasteiger partial charge in [-0.2, -0.15) is 0 Å². The lowest BCUT2D eigenvalue weighted by atomic mass is 9.80. The van der Waals surface area contributed by atoms with Crippen LogP contribution in [0.4, 0.5) is 0 Å². The van der Waals surface area contributed by atoms with E-state index in [1.54, 1.807) is 0 Å². The lowest BCUT2D eigenvalue weighted by Crippen LogP contribution is -2.20. The molecule has 1 aliphatic rings. The van der Waals surface area contributed by atoms with Crippen LogP contribution in [0.15, 0.2) is 12.1 Å². The van der Waals surface area contributed by atoms with Crippen molar-refractivity contribution < 1.29 is 9.90 Å². The Morgan fingerprint density at radius 2 is 1.82 bits per heavy atom. The van der Waals surface area contributed by atoms with Gasteiger partial charge in [-0.3, -0.25) is 4.79 Å². The highest BCUT2D eigenvalue weighted by atomic mass is 35.5. The predicted molar refractivity (Wildman–Crippen MR) is 92.9 cm³/mol. The Morgan fingerprint density at radius 1 is 1.23 bits per heavy atom. The fourth-order valence-electron chi connectivity index (χ4n) is 3.06. The third-order valence-corrected chi connectivity index (χ3v) is 4.52. The van der Waals surface area contributed by atoms with Crippen LogP contribution in [0, 0.1) is 5.92 Å². The number of aromatic hydroxyl groups is 1. The summed E-state index contributed by atoms with van der Waals surface area (Å²) in [5.74, 6) is 0.236. The van der Waals surface area contributed by atoms with Crippen molar-refractivity contribution in [2.24, 2.45) is 11.7 Å². The lowest BCUT2D eigenvalue weighted by Gasteiger charge is -2.24. The average molecular weight is 326 g/mol. The number of halogens is 1. The van der Waals surface area contributed by atoms with Gasteiger partial charge in [0, 0.05) is 18.0 Å². The molecular formula is C18H28ClNO2. The number of hydrogen-bond acceptors (Lipinski definition) is 3. The van der Waals surface area contributed by atoms with Crippen LogP contribution in [0.25, 0.3) is 0 Å². The normalized spacial score (nSPS) is 16.2. The van der Waals surface area contributed by atoms with Crippen molar-refractivity contribution in [3.05, 3.63) is 28.8 Å². The molecule has 124 valence electrons. The molecule has 1 fully saturated rings. The highest BCUT2D eigenvalue weighted by molar-refractivity contribution is 6.00. The monoisotopic (exact) mass is 325 g/mol. The lowest BCUT2D eigenvalue weighted by molar-refractivity contribution is 0.0886. The van der Waals surface area contributed by atoms with Gasteiger partial charge in [-0.25, -0.2) is 0 Å². The zero-order valence-corrected chi connectivity index (χ0v) is 14.6. The summed E-state index contributed by atoms with van der Waals surface area (Å²) >= 11 is 0. The van der Waals surface area contributed by atoms with Crippen molar-refractivity contribution in [2.75, 3.05) is 0 Å². The molecule has 0 aromatic heterocycles. The minimum atomic E-state index is -0.0702. The number of nitrogens with two attached hydrogens (primary N) is 1. The second-order valence-electron chi connectivity index (χ2n) is 7.18. The van der Waals surface area contributed by atoms with Gasteiger partial charge in [0.15, 0.2) is 5.78 Å². The van der Waals surface area contributed by atoms with Crippen molar-refractivity contribution in [3.8, 4) is 5.75 Å². The van der Waals surface area contributed by atoms with Crippen molar-refractivity contribution in [1.29, 1.82) is 0 Å². The first-order chi connectivity index (χ1) is 9.84. The van der Waals surface area contributed by atoms with Crippen LogP contribution in [0.1, 0.15) is 74.4 Å². The molecule has 1 saturated carbocycles. The van der Waals surface area contributed by atoms with E-state index in [1.807, 2.05) is 12.1 Å². The summed E-state index contributed by atoms with van der Waals surface area (Å²) in [6.45, 7) is 6.57. The van der Waals surface area contributed by atoms with Gasteiger partial charge in [-0.05, 0) is 29.9 Å². The molecule has 2 rings (SSSR count). The number of rotatable bonds is 3. The van der Waals surface area contributed by atoms with E-state index in [9.17, 15) is 9.90 Å². The summed E-state index contributed by atoms with van der Waals surface area (Å²) in [5, 5.41) is 10.4. The maximum Gasteiger partial charge on any atom is 0.169 e. The summed E-state index contributed by atoms with van der Waals surface area (Å²) < 4.78 is 0. The molecule has 1 aromatic rings. The van der Waals surface area contributed by atoms with Crippen LogP contribution >= 0.6 is 12.4 Å². The Hall–Kier alpha value is -1.06. The van der Waals surface area contributed by atoms with Crippen molar-refractivity contribution >= 4 is 18.2 Å². The number of phenols is 1. The van der Waals surface area contributed by atoms with E-state index < -0.39 is 0 Å². The number of hydrogen-bond donors (Lipinski definition) is 2. The van der Waals surface area contributed by atoms with Gasteiger partial charge >= 0.3 is 0 Å². The summed E-state index contributed by atoms with van der Waals surface area (Å²) in [6.07, 6.45) is 5.32. The largest absolute Gasteiger partial charge is 0.507 e. The summed E-state index contributed by atoms with van der Waals surface area (Å²) in [5.41, 5.74) is 7.86.